The Morgan fingerprint density at radius 3 is 2.54 bits per heavy atom. The molecule has 0 unspecified atom stereocenters. The number of hydrogen-bond acceptors (Lipinski definition) is 5. The van der Waals surface area contributed by atoms with Crippen molar-refractivity contribution in [1.29, 1.82) is 0 Å². The minimum absolute atomic E-state index is 0.00333. The largest absolute Gasteiger partial charge is 0.494 e. The van der Waals surface area contributed by atoms with Crippen molar-refractivity contribution in [3.05, 3.63) is 53.5 Å². The second-order valence-electron chi connectivity index (χ2n) is 7.23. The van der Waals surface area contributed by atoms with Crippen molar-refractivity contribution in [2.24, 2.45) is 0 Å². The minimum Gasteiger partial charge on any atom is -0.494 e. The molecule has 152 valence electrons. The molecule has 1 fully saturated rings. The van der Waals surface area contributed by atoms with Crippen molar-refractivity contribution < 1.29 is 22.4 Å². The summed E-state index contributed by atoms with van der Waals surface area (Å²) in [5.74, 6) is 2.04. The van der Waals surface area contributed by atoms with E-state index >= 15 is 0 Å². The van der Waals surface area contributed by atoms with Crippen LogP contribution in [0.1, 0.15) is 48.1 Å². The van der Waals surface area contributed by atoms with Gasteiger partial charge in [-0.15, -0.1) is 0 Å². The molecule has 3 rings (SSSR count). The van der Waals surface area contributed by atoms with Crippen LogP contribution in [0.15, 0.2) is 40.8 Å². The Morgan fingerprint density at radius 1 is 1.21 bits per heavy atom. The van der Waals surface area contributed by atoms with E-state index < -0.39 is 9.84 Å². The Hall–Kier alpha value is -2.28. The highest BCUT2D eigenvalue weighted by Gasteiger charge is 2.35. The zero-order chi connectivity index (χ0) is 20.1. The van der Waals surface area contributed by atoms with E-state index in [-0.39, 0.29) is 30.0 Å². The lowest BCUT2D eigenvalue weighted by atomic mass is 10.1. The number of ether oxygens (including phenoxy) is 1. The first-order chi connectivity index (χ1) is 13.4. The maximum atomic E-state index is 13.2. The molecule has 1 aromatic heterocycles. The van der Waals surface area contributed by atoms with Crippen LogP contribution in [0.3, 0.4) is 0 Å². The molecule has 7 heteroatoms. The molecule has 2 aromatic rings. The topological polar surface area (TPSA) is 76.8 Å². The number of aryl methyl sites for hydroxylation is 1. The first-order valence-corrected chi connectivity index (χ1v) is 11.5. The number of carbonyl (C=O) groups is 1. The van der Waals surface area contributed by atoms with Gasteiger partial charge in [0.2, 0.25) is 0 Å². The number of rotatable bonds is 8. The molecule has 0 saturated carbocycles. The van der Waals surface area contributed by atoms with E-state index in [1.807, 2.05) is 19.1 Å². The summed E-state index contributed by atoms with van der Waals surface area (Å²) in [4.78, 5) is 14.8. The summed E-state index contributed by atoms with van der Waals surface area (Å²) in [5.41, 5.74) is 0.510. The summed E-state index contributed by atoms with van der Waals surface area (Å²) in [7, 11) is -3.11. The molecule has 0 bridgehead atoms. The lowest BCUT2D eigenvalue weighted by Crippen LogP contribution is -2.40. The third-order valence-corrected chi connectivity index (χ3v) is 6.65. The summed E-state index contributed by atoms with van der Waals surface area (Å²) < 4.78 is 35.2. The summed E-state index contributed by atoms with van der Waals surface area (Å²) in [6, 6.07) is 10.3. The maximum Gasteiger partial charge on any atom is 0.254 e. The molecule has 1 saturated heterocycles. The molecule has 1 aliphatic rings. The van der Waals surface area contributed by atoms with E-state index in [4.69, 9.17) is 9.15 Å². The zero-order valence-electron chi connectivity index (χ0n) is 16.4. The van der Waals surface area contributed by atoms with E-state index in [0.717, 1.165) is 24.4 Å². The van der Waals surface area contributed by atoms with E-state index in [1.54, 1.807) is 29.2 Å². The van der Waals surface area contributed by atoms with Gasteiger partial charge in [-0.2, -0.15) is 0 Å². The van der Waals surface area contributed by atoms with Crippen LogP contribution < -0.4 is 4.74 Å². The molecular formula is C21H27NO5S. The standard InChI is InChI=1S/C21H27NO5S/c1-3-4-12-26-19-9-6-17(7-10-19)21(23)22(14-20-8-5-16(2)27-20)18-11-13-28(24,25)15-18/h5-10,18H,3-4,11-15H2,1-2H3/t18-/m0/s1. The van der Waals surface area contributed by atoms with Gasteiger partial charge in [-0.25, -0.2) is 8.42 Å². The number of unbranched alkanes of at least 4 members (excludes halogenated alkanes) is 1. The molecule has 1 aliphatic heterocycles. The van der Waals surface area contributed by atoms with Crippen LogP contribution in [0, 0.1) is 6.92 Å². The average Bonchev–Trinajstić information content (AvgIpc) is 3.24. The minimum atomic E-state index is -3.11. The first-order valence-electron chi connectivity index (χ1n) is 9.67. The molecule has 0 aliphatic carbocycles. The number of carbonyl (C=O) groups excluding carboxylic acids is 1. The molecule has 1 atom stereocenters. The highest BCUT2D eigenvalue weighted by atomic mass is 32.2. The maximum absolute atomic E-state index is 13.2. The Labute approximate surface area is 166 Å². The van der Waals surface area contributed by atoms with Gasteiger partial charge in [-0.3, -0.25) is 4.79 Å². The van der Waals surface area contributed by atoms with Crippen LogP contribution in [0.4, 0.5) is 0 Å². The molecule has 6 nitrogen and oxygen atoms in total. The highest BCUT2D eigenvalue weighted by Crippen LogP contribution is 2.24. The van der Waals surface area contributed by atoms with E-state index in [1.165, 1.54) is 0 Å². The summed E-state index contributed by atoms with van der Waals surface area (Å²) in [5, 5.41) is 0. The monoisotopic (exact) mass is 405 g/mol. The van der Waals surface area contributed by atoms with Gasteiger partial charge in [0.1, 0.15) is 17.3 Å². The molecule has 28 heavy (non-hydrogen) atoms. The first kappa shape index (κ1) is 20.5. The van der Waals surface area contributed by atoms with Crippen molar-refractivity contribution in [2.75, 3.05) is 18.1 Å². The Balaban J connectivity index is 1.77. The van der Waals surface area contributed by atoms with Crippen LogP contribution in [0.5, 0.6) is 5.75 Å². The third kappa shape index (κ3) is 5.16. The fourth-order valence-corrected chi connectivity index (χ4v) is 5.05. The van der Waals surface area contributed by atoms with E-state index in [9.17, 15) is 13.2 Å². The van der Waals surface area contributed by atoms with Gasteiger partial charge < -0.3 is 14.1 Å². The van der Waals surface area contributed by atoms with E-state index in [0.29, 0.717) is 24.4 Å². The fourth-order valence-electron chi connectivity index (χ4n) is 3.32. The van der Waals surface area contributed by atoms with Crippen LogP contribution in [0.2, 0.25) is 0 Å². The molecular weight excluding hydrogens is 378 g/mol. The van der Waals surface area contributed by atoms with Crippen molar-refractivity contribution in [3.8, 4) is 5.75 Å². The van der Waals surface area contributed by atoms with Gasteiger partial charge in [-0.1, -0.05) is 13.3 Å². The lowest BCUT2D eigenvalue weighted by molar-refractivity contribution is 0.0665. The van der Waals surface area contributed by atoms with Crippen LogP contribution >= 0.6 is 0 Å². The number of furan rings is 1. The summed E-state index contributed by atoms with van der Waals surface area (Å²) in [6.07, 6.45) is 2.49. The van der Waals surface area contributed by atoms with Gasteiger partial charge in [0.15, 0.2) is 9.84 Å². The average molecular weight is 406 g/mol. The second kappa shape index (κ2) is 8.82. The third-order valence-electron chi connectivity index (χ3n) is 4.90. The van der Waals surface area contributed by atoms with Gasteiger partial charge in [-0.05, 0) is 56.2 Å². The fraction of sp³-hybridized carbons (Fsp3) is 0.476. The number of hydrogen-bond donors (Lipinski definition) is 0. The second-order valence-corrected chi connectivity index (χ2v) is 9.46. The smallest absolute Gasteiger partial charge is 0.254 e. The Bertz CT molecular complexity index is 901. The van der Waals surface area contributed by atoms with Crippen molar-refractivity contribution in [2.45, 2.75) is 45.7 Å². The lowest BCUT2D eigenvalue weighted by Gasteiger charge is -2.27. The Morgan fingerprint density at radius 2 is 1.96 bits per heavy atom. The molecule has 1 amide bonds. The zero-order valence-corrected chi connectivity index (χ0v) is 17.2. The predicted molar refractivity (Wildman–Crippen MR) is 107 cm³/mol. The van der Waals surface area contributed by atoms with Gasteiger partial charge in [0.05, 0.1) is 24.7 Å². The number of benzene rings is 1. The molecule has 2 heterocycles. The quantitative estimate of drug-likeness (QED) is 0.627. The van der Waals surface area contributed by atoms with Gasteiger partial charge in [0, 0.05) is 11.6 Å². The van der Waals surface area contributed by atoms with Gasteiger partial charge >= 0.3 is 0 Å². The Kier molecular flexibility index (Phi) is 6.44. The predicted octanol–water partition coefficient (Wildman–Crippen LogP) is 3.60. The van der Waals surface area contributed by atoms with E-state index in [2.05, 4.69) is 6.92 Å². The molecule has 0 N–H and O–H groups in total. The van der Waals surface area contributed by atoms with Crippen LogP contribution in [-0.2, 0) is 16.4 Å². The summed E-state index contributed by atoms with van der Waals surface area (Å²) >= 11 is 0. The summed E-state index contributed by atoms with van der Waals surface area (Å²) in [6.45, 7) is 4.84. The van der Waals surface area contributed by atoms with Gasteiger partial charge in [0.25, 0.3) is 5.91 Å². The van der Waals surface area contributed by atoms with Crippen LogP contribution in [0.25, 0.3) is 0 Å². The molecule has 0 spiro atoms. The number of amides is 1. The number of sulfone groups is 1. The van der Waals surface area contributed by atoms with Crippen molar-refractivity contribution in [3.63, 3.8) is 0 Å². The van der Waals surface area contributed by atoms with Crippen molar-refractivity contribution >= 4 is 15.7 Å². The highest BCUT2D eigenvalue weighted by molar-refractivity contribution is 7.91. The normalized spacial score (nSPS) is 18.1. The molecule has 1 aromatic carbocycles. The number of nitrogens with zero attached hydrogens (tertiary/aromatic N) is 1. The van der Waals surface area contributed by atoms with Crippen LogP contribution in [-0.4, -0.2) is 43.4 Å². The molecule has 0 radical (unpaired) electrons. The van der Waals surface area contributed by atoms with Crippen molar-refractivity contribution in [1.82, 2.24) is 4.90 Å². The SMILES string of the molecule is CCCCOc1ccc(C(=O)N(Cc2ccc(C)o2)[C@H]2CCS(=O)(=O)C2)cc1.